The van der Waals surface area contributed by atoms with Crippen molar-refractivity contribution in [3.8, 4) is 0 Å². The smallest absolute Gasteiger partial charge is 0.131 e. The van der Waals surface area contributed by atoms with Crippen LogP contribution in [-0.2, 0) is 6.42 Å². The van der Waals surface area contributed by atoms with E-state index < -0.39 is 0 Å². The fraction of sp³-hybridized carbons (Fsp3) is 0.778. The molecule has 1 aromatic rings. The third-order valence-corrected chi connectivity index (χ3v) is 4.92. The molecule has 2 rings (SSSR count). The molecular weight excluding hydrogens is 258 g/mol. The molecule has 3 nitrogen and oxygen atoms in total. The Morgan fingerprint density at radius 3 is 2.19 bits per heavy atom. The van der Waals surface area contributed by atoms with Gasteiger partial charge in [0.15, 0.2) is 0 Å². The first-order chi connectivity index (χ1) is 10.0. The summed E-state index contributed by atoms with van der Waals surface area (Å²) in [6.45, 7) is 10.0. The summed E-state index contributed by atoms with van der Waals surface area (Å²) in [5.74, 6) is 3.19. The molecule has 1 N–H and O–H groups in total. The molecule has 21 heavy (non-hydrogen) atoms. The lowest BCUT2D eigenvalue weighted by Crippen LogP contribution is -2.20. The fourth-order valence-corrected chi connectivity index (χ4v) is 3.53. The third kappa shape index (κ3) is 4.26. The molecule has 0 aliphatic heterocycles. The highest BCUT2D eigenvalue weighted by molar-refractivity contribution is 5.26. The van der Waals surface area contributed by atoms with Crippen LogP contribution >= 0.6 is 0 Å². The van der Waals surface area contributed by atoms with Gasteiger partial charge in [0.25, 0.3) is 0 Å². The molecule has 0 amide bonds. The maximum Gasteiger partial charge on any atom is 0.131 e. The third-order valence-electron chi connectivity index (χ3n) is 4.92. The average molecular weight is 289 g/mol. The van der Waals surface area contributed by atoms with E-state index in [-0.39, 0.29) is 0 Å². The predicted molar refractivity (Wildman–Crippen MR) is 88.7 cm³/mol. The minimum atomic E-state index is 0.586. The number of aromatic nitrogens is 2. The Morgan fingerprint density at radius 1 is 1.10 bits per heavy atom. The van der Waals surface area contributed by atoms with Gasteiger partial charge in [-0.15, -0.1) is 0 Å². The lowest BCUT2D eigenvalue weighted by atomic mass is 9.82. The molecule has 0 bridgehead atoms. The van der Waals surface area contributed by atoms with Gasteiger partial charge in [0.1, 0.15) is 5.82 Å². The van der Waals surface area contributed by atoms with Crippen molar-refractivity contribution in [1.29, 1.82) is 0 Å². The Kier molecular flexibility index (Phi) is 5.74. The summed E-state index contributed by atoms with van der Waals surface area (Å²) in [5, 5.41) is 3.25. The van der Waals surface area contributed by atoms with Crippen LogP contribution < -0.4 is 5.32 Å². The van der Waals surface area contributed by atoms with Gasteiger partial charge in [-0.3, -0.25) is 0 Å². The lowest BCUT2D eigenvalue weighted by Gasteiger charge is -2.26. The Hall–Kier alpha value is -0.960. The topological polar surface area (TPSA) is 37.8 Å². The Balaban J connectivity index is 2.13. The summed E-state index contributed by atoms with van der Waals surface area (Å²) in [7, 11) is 2.01. The second-order valence-corrected chi connectivity index (χ2v) is 7.05. The Labute approximate surface area is 130 Å². The van der Waals surface area contributed by atoms with E-state index in [0.717, 1.165) is 24.7 Å². The van der Waals surface area contributed by atoms with Crippen molar-refractivity contribution >= 4 is 0 Å². The first kappa shape index (κ1) is 16.4. The lowest BCUT2D eigenvalue weighted by molar-refractivity contribution is 0.339. The van der Waals surface area contributed by atoms with Gasteiger partial charge in [-0.05, 0) is 64.1 Å². The van der Waals surface area contributed by atoms with E-state index in [1.807, 2.05) is 7.05 Å². The SMILES string of the molecule is CNCC(C)Cc1c(C)nc(C2CCC(C)CC2)nc1C. The van der Waals surface area contributed by atoms with Crippen molar-refractivity contribution in [2.24, 2.45) is 11.8 Å². The highest BCUT2D eigenvalue weighted by Crippen LogP contribution is 2.34. The average Bonchev–Trinajstić information content (AvgIpc) is 2.44. The summed E-state index contributed by atoms with van der Waals surface area (Å²) >= 11 is 0. The molecule has 3 heteroatoms. The highest BCUT2D eigenvalue weighted by Gasteiger charge is 2.23. The van der Waals surface area contributed by atoms with Crippen molar-refractivity contribution in [1.82, 2.24) is 15.3 Å². The second-order valence-electron chi connectivity index (χ2n) is 7.05. The van der Waals surface area contributed by atoms with Crippen LogP contribution in [0.1, 0.15) is 68.2 Å². The van der Waals surface area contributed by atoms with Crippen LogP contribution in [-0.4, -0.2) is 23.6 Å². The molecule has 0 aromatic carbocycles. The van der Waals surface area contributed by atoms with Gasteiger partial charge in [0, 0.05) is 17.3 Å². The monoisotopic (exact) mass is 289 g/mol. The molecule has 0 spiro atoms. The van der Waals surface area contributed by atoms with E-state index in [4.69, 9.17) is 9.97 Å². The van der Waals surface area contributed by atoms with Crippen LogP contribution in [0.3, 0.4) is 0 Å². The zero-order valence-corrected chi connectivity index (χ0v) is 14.4. The van der Waals surface area contributed by atoms with Gasteiger partial charge in [0.2, 0.25) is 0 Å². The van der Waals surface area contributed by atoms with Crippen LogP contribution in [0.25, 0.3) is 0 Å². The van der Waals surface area contributed by atoms with E-state index in [1.165, 1.54) is 42.6 Å². The molecule has 1 atom stereocenters. The summed E-state index contributed by atoms with van der Waals surface area (Å²) in [6, 6.07) is 0. The summed E-state index contributed by atoms with van der Waals surface area (Å²) in [5.41, 5.74) is 3.74. The number of hydrogen-bond acceptors (Lipinski definition) is 3. The van der Waals surface area contributed by atoms with Gasteiger partial charge in [-0.1, -0.05) is 26.7 Å². The molecule has 118 valence electrons. The van der Waals surface area contributed by atoms with Crippen LogP contribution in [0.5, 0.6) is 0 Å². The molecule has 1 unspecified atom stereocenters. The molecular formula is C18H31N3. The fourth-order valence-electron chi connectivity index (χ4n) is 3.53. The summed E-state index contributed by atoms with van der Waals surface area (Å²) in [6.07, 6.45) is 6.24. The Morgan fingerprint density at radius 2 is 1.67 bits per heavy atom. The predicted octanol–water partition coefficient (Wildman–Crippen LogP) is 3.79. The number of nitrogens with one attached hydrogen (secondary N) is 1. The molecule has 1 aromatic heterocycles. The van der Waals surface area contributed by atoms with Crippen molar-refractivity contribution in [3.63, 3.8) is 0 Å². The number of hydrogen-bond donors (Lipinski definition) is 1. The first-order valence-electron chi connectivity index (χ1n) is 8.49. The molecule has 1 heterocycles. The van der Waals surface area contributed by atoms with E-state index in [0.29, 0.717) is 11.8 Å². The Bertz CT molecular complexity index is 439. The van der Waals surface area contributed by atoms with E-state index in [9.17, 15) is 0 Å². The first-order valence-corrected chi connectivity index (χ1v) is 8.49. The standard InChI is InChI=1S/C18H31N3/c1-12-6-8-16(9-7-12)18-20-14(3)17(15(4)21-18)10-13(2)11-19-5/h12-13,16,19H,6-11H2,1-5H3. The second kappa shape index (κ2) is 7.35. The molecule has 0 saturated heterocycles. The van der Waals surface area contributed by atoms with Crippen LogP contribution in [0, 0.1) is 25.7 Å². The highest BCUT2D eigenvalue weighted by atomic mass is 14.9. The van der Waals surface area contributed by atoms with E-state index in [2.05, 4.69) is 33.0 Å². The van der Waals surface area contributed by atoms with Gasteiger partial charge in [0.05, 0.1) is 0 Å². The van der Waals surface area contributed by atoms with Gasteiger partial charge in [-0.25, -0.2) is 9.97 Å². The van der Waals surface area contributed by atoms with Crippen molar-refractivity contribution in [2.45, 2.75) is 65.7 Å². The maximum absolute atomic E-state index is 4.86. The molecule has 0 radical (unpaired) electrons. The zero-order chi connectivity index (χ0) is 15.4. The van der Waals surface area contributed by atoms with Gasteiger partial charge >= 0.3 is 0 Å². The molecule has 1 fully saturated rings. The van der Waals surface area contributed by atoms with Crippen molar-refractivity contribution in [2.75, 3.05) is 13.6 Å². The minimum absolute atomic E-state index is 0.586. The summed E-state index contributed by atoms with van der Waals surface area (Å²) < 4.78 is 0. The van der Waals surface area contributed by atoms with E-state index >= 15 is 0 Å². The van der Waals surface area contributed by atoms with E-state index in [1.54, 1.807) is 0 Å². The van der Waals surface area contributed by atoms with Crippen LogP contribution in [0.2, 0.25) is 0 Å². The van der Waals surface area contributed by atoms with Crippen molar-refractivity contribution < 1.29 is 0 Å². The molecule has 1 aliphatic rings. The molecule has 1 saturated carbocycles. The quantitative estimate of drug-likeness (QED) is 0.896. The van der Waals surface area contributed by atoms with Gasteiger partial charge < -0.3 is 5.32 Å². The normalized spacial score (nSPS) is 24.0. The van der Waals surface area contributed by atoms with Crippen molar-refractivity contribution in [3.05, 3.63) is 22.8 Å². The van der Waals surface area contributed by atoms with Gasteiger partial charge in [-0.2, -0.15) is 0 Å². The molecule has 1 aliphatic carbocycles. The van der Waals surface area contributed by atoms with Crippen LogP contribution in [0.4, 0.5) is 0 Å². The number of rotatable bonds is 5. The summed E-state index contributed by atoms with van der Waals surface area (Å²) in [4.78, 5) is 9.73. The number of nitrogens with zero attached hydrogens (tertiary/aromatic N) is 2. The zero-order valence-electron chi connectivity index (χ0n) is 14.4. The number of aryl methyl sites for hydroxylation is 2. The largest absolute Gasteiger partial charge is 0.319 e. The maximum atomic E-state index is 4.86. The van der Waals surface area contributed by atoms with Crippen LogP contribution in [0.15, 0.2) is 0 Å². The minimum Gasteiger partial charge on any atom is -0.319 e.